The molecule has 9 nitrogen and oxygen atoms in total. The molecule has 0 unspecified atom stereocenters. The Kier molecular flexibility index (Phi) is 5.91. The summed E-state index contributed by atoms with van der Waals surface area (Å²) >= 11 is 0. The number of carbonyl (C=O) groups excluding carboxylic acids is 1. The maximum Gasteiger partial charge on any atom is 0.328 e. The highest BCUT2D eigenvalue weighted by atomic mass is 16.4. The minimum atomic E-state index is -0.967. The van der Waals surface area contributed by atoms with Gasteiger partial charge in [0.25, 0.3) is 5.56 Å². The molecule has 1 aromatic heterocycles. The van der Waals surface area contributed by atoms with E-state index in [0.717, 1.165) is 0 Å². The van der Waals surface area contributed by atoms with Crippen molar-refractivity contribution < 1.29 is 19.8 Å². The summed E-state index contributed by atoms with van der Waals surface area (Å²) in [4.78, 5) is 47.5. The van der Waals surface area contributed by atoms with Gasteiger partial charge in [-0.3, -0.25) is 23.9 Å². The molecule has 4 N–H and O–H groups in total. The van der Waals surface area contributed by atoms with Crippen LogP contribution in [-0.4, -0.2) is 43.8 Å². The second-order valence-corrected chi connectivity index (χ2v) is 5.93. The molecule has 24 heavy (non-hydrogen) atoms. The Morgan fingerprint density at radius 3 is 2.71 bits per heavy atom. The zero-order valence-corrected chi connectivity index (χ0v) is 13.1. The Hall–Kier alpha value is -2.42. The average Bonchev–Trinajstić information content (AvgIpc) is 2.50. The van der Waals surface area contributed by atoms with Crippen LogP contribution in [0.2, 0.25) is 0 Å². The average molecular weight is 339 g/mol. The number of amides is 1. The molecule has 1 amide bonds. The first kappa shape index (κ1) is 17.9. The third-order valence-electron chi connectivity index (χ3n) is 4.17. The van der Waals surface area contributed by atoms with E-state index in [2.05, 4.69) is 10.3 Å². The van der Waals surface area contributed by atoms with Crippen LogP contribution in [0.15, 0.2) is 21.9 Å². The Bertz CT molecular complexity index is 710. The van der Waals surface area contributed by atoms with Crippen LogP contribution in [0.4, 0.5) is 0 Å². The van der Waals surface area contributed by atoms with Crippen molar-refractivity contribution in [2.45, 2.75) is 56.7 Å². The predicted octanol–water partition coefficient (Wildman–Crippen LogP) is -0.638. The second kappa shape index (κ2) is 7.91. The Labute approximate surface area is 137 Å². The van der Waals surface area contributed by atoms with Crippen molar-refractivity contribution in [2.24, 2.45) is 0 Å². The summed E-state index contributed by atoms with van der Waals surface area (Å²) in [7, 11) is 0. The van der Waals surface area contributed by atoms with Gasteiger partial charge in [0.1, 0.15) is 0 Å². The molecule has 1 aliphatic rings. The summed E-state index contributed by atoms with van der Waals surface area (Å²) in [5, 5.41) is 21.7. The lowest BCUT2D eigenvalue weighted by Crippen LogP contribution is -2.51. The molecule has 1 aromatic rings. The monoisotopic (exact) mass is 339 g/mol. The number of H-pyrrole nitrogens is 1. The number of carboxylic acids is 1. The standard InChI is InChI=1S/C15H21N3O6/c19-11(5-2-6-13(21)22)16-9-3-1-4-10(14(9)23)18-8-7-12(20)17-15(18)24/h7-10,14,23H,1-6H2,(H,16,19)(H,21,22)(H,17,20,24)/t9-,10-,14-/m0/s1. The number of hydrogen-bond acceptors (Lipinski definition) is 5. The molecule has 3 atom stereocenters. The number of carboxylic acid groups (broad SMARTS) is 1. The molecule has 0 aromatic carbocycles. The molecule has 1 fully saturated rings. The summed E-state index contributed by atoms with van der Waals surface area (Å²) in [5.74, 6) is -1.28. The molecule has 0 saturated heterocycles. The Morgan fingerprint density at radius 1 is 1.29 bits per heavy atom. The number of aromatic nitrogens is 2. The lowest BCUT2D eigenvalue weighted by Gasteiger charge is -2.36. The van der Waals surface area contributed by atoms with Crippen LogP contribution in [-0.2, 0) is 9.59 Å². The lowest BCUT2D eigenvalue weighted by molar-refractivity contribution is -0.137. The number of aliphatic hydroxyl groups excluding tert-OH is 1. The first-order valence-electron chi connectivity index (χ1n) is 7.89. The van der Waals surface area contributed by atoms with Crippen molar-refractivity contribution in [3.05, 3.63) is 33.1 Å². The molecule has 9 heteroatoms. The topological polar surface area (TPSA) is 141 Å². The van der Waals surface area contributed by atoms with Gasteiger partial charge in [0.15, 0.2) is 0 Å². The fraction of sp³-hybridized carbons (Fsp3) is 0.600. The van der Waals surface area contributed by atoms with E-state index in [1.54, 1.807) is 0 Å². The van der Waals surface area contributed by atoms with Crippen LogP contribution in [0.5, 0.6) is 0 Å². The molecular weight excluding hydrogens is 318 g/mol. The molecule has 1 saturated carbocycles. The smallest absolute Gasteiger partial charge is 0.328 e. The van der Waals surface area contributed by atoms with E-state index in [4.69, 9.17) is 5.11 Å². The molecular formula is C15H21N3O6. The van der Waals surface area contributed by atoms with E-state index in [1.807, 2.05) is 0 Å². The summed E-state index contributed by atoms with van der Waals surface area (Å²) in [6, 6.07) is 0.162. The minimum Gasteiger partial charge on any atom is -0.481 e. The highest BCUT2D eigenvalue weighted by Gasteiger charge is 2.34. The number of aliphatic carboxylic acids is 1. The fourth-order valence-electron chi connectivity index (χ4n) is 2.99. The van der Waals surface area contributed by atoms with Crippen LogP contribution in [0.25, 0.3) is 0 Å². The third-order valence-corrected chi connectivity index (χ3v) is 4.17. The van der Waals surface area contributed by atoms with E-state index < -0.39 is 35.4 Å². The van der Waals surface area contributed by atoms with Gasteiger partial charge in [0.2, 0.25) is 5.91 Å². The number of nitrogens with one attached hydrogen (secondary N) is 2. The zero-order valence-electron chi connectivity index (χ0n) is 13.1. The van der Waals surface area contributed by atoms with Crippen LogP contribution < -0.4 is 16.6 Å². The normalized spacial score (nSPS) is 23.6. The molecule has 1 aliphatic carbocycles. The van der Waals surface area contributed by atoms with Gasteiger partial charge in [-0.2, -0.15) is 0 Å². The molecule has 2 rings (SSSR count). The van der Waals surface area contributed by atoms with Crippen LogP contribution in [0, 0.1) is 0 Å². The van der Waals surface area contributed by atoms with E-state index in [0.29, 0.717) is 19.3 Å². The summed E-state index contributed by atoms with van der Waals surface area (Å²) in [5.41, 5.74) is -1.11. The van der Waals surface area contributed by atoms with Crippen LogP contribution in [0.1, 0.15) is 44.6 Å². The number of carbonyl (C=O) groups is 2. The van der Waals surface area contributed by atoms with Crippen molar-refractivity contribution in [2.75, 3.05) is 0 Å². The van der Waals surface area contributed by atoms with Gasteiger partial charge in [0.05, 0.1) is 18.2 Å². The van der Waals surface area contributed by atoms with Crippen molar-refractivity contribution in [1.82, 2.24) is 14.9 Å². The third kappa shape index (κ3) is 4.54. The van der Waals surface area contributed by atoms with Crippen molar-refractivity contribution >= 4 is 11.9 Å². The Morgan fingerprint density at radius 2 is 2.04 bits per heavy atom. The van der Waals surface area contributed by atoms with Gasteiger partial charge in [-0.05, 0) is 25.7 Å². The van der Waals surface area contributed by atoms with Crippen LogP contribution in [0.3, 0.4) is 0 Å². The van der Waals surface area contributed by atoms with Gasteiger partial charge >= 0.3 is 11.7 Å². The van der Waals surface area contributed by atoms with Crippen molar-refractivity contribution in [3.63, 3.8) is 0 Å². The number of rotatable bonds is 6. The zero-order chi connectivity index (χ0) is 17.7. The first-order valence-corrected chi connectivity index (χ1v) is 7.89. The number of nitrogens with zero attached hydrogens (tertiary/aromatic N) is 1. The van der Waals surface area contributed by atoms with Gasteiger partial charge in [-0.25, -0.2) is 4.79 Å². The van der Waals surface area contributed by atoms with Crippen molar-refractivity contribution in [3.8, 4) is 0 Å². The summed E-state index contributed by atoms with van der Waals surface area (Å²) in [6.45, 7) is 0. The van der Waals surface area contributed by atoms with E-state index >= 15 is 0 Å². The predicted molar refractivity (Wildman–Crippen MR) is 83.6 cm³/mol. The van der Waals surface area contributed by atoms with E-state index in [1.165, 1.54) is 16.8 Å². The van der Waals surface area contributed by atoms with E-state index in [9.17, 15) is 24.3 Å². The SMILES string of the molecule is O=C(O)CCCC(=O)N[C@H]1CCC[C@H](n2ccc(=O)[nH]c2=O)[C@H]1O. The van der Waals surface area contributed by atoms with Gasteiger partial charge in [0, 0.05) is 25.1 Å². The molecule has 0 aliphatic heterocycles. The van der Waals surface area contributed by atoms with Gasteiger partial charge in [-0.15, -0.1) is 0 Å². The van der Waals surface area contributed by atoms with E-state index in [-0.39, 0.29) is 25.2 Å². The highest BCUT2D eigenvalue weighted by Crippen LogP contribution is 2.28. The van der Waals surface area contributed by atoms with Crippen LogP contribution >= 0.6 is 0 Å². The van der Waals surface area contributed by atoms with Crippen molar-refractivity contribution in [1.29, 1.82) is 0 Å². The number of hydrogen-bond donors (Lipinski definition) is 4. The molecule has 1 heterocycles. The number of aliphatic hydroxyl groups is 1. The van der Waals surface area contributed by atoms with Gasteiger partial charge in [-0.1, -0.05) is 0 Å². The molecule has 0 spiro atoms. The largest absolute Gasteiger partial charge is 0.481 e. The maximum atomic E-state index is 11.9. The van der Waals surface area contributed by atoms with Gasteiger partial charge < -0.3 is 15.5 Å². The quantitative estimate of drug-likeness (QED) is 0.543. The highest BCUT2D eigenvalue weighted by molar-refractivity contribution is 5.77. The first-order chi connectivity index (χ1) is 11.4. The number of aromatic amines is 1. The molecule has 0 bridgehead atoms. The summed E-state index contributed by atoms with van der Waals surface area (Å²) in [6.07, 6.45) is 2.41. The Balaban J connectivity index is 2.00. The minimum absolute atomic E-state index is 0.0682. The lowest BCUT2D eigenvalue weighted by atomic mass is 9.87. The molecule has 0 radical (unpaired) electrons. The molecule has 132 valence electrons. The second-order valence-electron chi connectivity index (χ2n) is 5.93. The summed E-state index contributed by atoms with van der Waals surface area (Å²) < 4.78 is 1.27. The maximum absolute atomic E-state index is 11.9. The fourth-order valence-corrected chi connectivity index (χ4v) is 2.99.